The zero-order chi connectivity index (χ0) is 21.3. The van der Waals surface area contributed by atoms with Crippen LogP contribution in [0.4, 0.5) is 10.1 Å². The normalized spacial score (nSPS) is 15.3. The molecule has 0 saturated carbocycles. The van der Waals surface area contributed by atoms with Crippen molar-refractivity contribution < 1.29 is 22.3 Å². The van der Waals surface area contributed by atoms with E-state index in [1.54, 1.807) is 6.92 Å². The van der Waals surface area contributed by atoms with Gasteiger partial charge in [0.15, 0.2) is 5.82 Å². The number of H-pyrrole nitrogens is 1. The molecule has 0 spiro atoms. The second kappa shape index (κ2) is 7.93. The molecule has 11 nitrogen and oxygen atoms in total. The molecule has 2 N–H and O–H groups in total. The summed E-state index contributed by atoms with van der Waals surface area (Å²) in [6.45, 7) is 2.78. The van der Waals surface area contributed by atoms with Gasteiger partial charge >= 0.3 is 0 Å². The Morgan fingerprint density at radius 1 is 1.27 bits per heavy atom. The Bertz CT molecular complexity index is 1180. The number of carbonyl (C=O) groups is 1. The van der Waals surface area contributed by atoms with Gasteiger partial charge in [-0.25, -0.2) is 12.8 Å². The van der Waals surface area contributed by atoms with Crippen molar-refractivity contribution in [2.24, 2.45) is 0 Å². The minimum absolute atomic E-state index is 0.0229. The van der Waals surface area contributed by atoms with Crippen LogP contribution < -0.4 is 5.32 Å². The SMILES string of the molecule is Cc1nnnn1-c1ccc(F)c(NC(=O)c2cc(S(=O)(=O)N3CCOCC3)c[nH]2)c1. The number of amides is 1. The molecular formula is C17H18FN7O4S. The van der Waals surface area contributed by atoms with Gasteiger partial charge in [0.2, 0.25) is 10.0 Å². The Kier molecular flexibility index (Phi) is 5.32. The number of aromatic amines is 1. The van der Waals surface area contributed by atoms with Crippen LogP contribution in [-0.2, 0) is 14.8 Å². The third-order valence-electron chi connectivity index (χ3n) is 4.58. The largest absolute Gasteiger partial charge is 0.379 e. The average molecular weight is 435 g/mol. The van der Waals surface area contributed by atoms with Crippen molar-refractivity contribution in [3.63, 3.8) is 0 Å². The summed E-state index contributed by atoms with van der Waals surface area (Å²) in [6, 6.07) is 5.24. The number of aromatic nitrogens is 5. The summed E-state index contributed by atoms with van der Waals surface area (Å²) in [5.41, 5.74) is 0.334. The molecule has 0 aliphatic carbocycles. The van der Waals surface area contributed by atoms with E-state index in [1.807, 2.05) is 0 Å². The molecule has 1 aromatic carbocycles. The Labute approximate surface area is 170 Å². The summed E-state index contributed by atoms with van der Waals surface area (Å²) in [4.78, 5) is 15.1. The molecule has 0 unspecified atom stereocenters. The monoisotopic (exact) mass is 435 g/mol. The molecule has 30 heavy (non-hydrogen) atoms. The number of rotatable bonds is 5. The molecule has 0 bridgehead atoms. The van der Waals surface area contributed by atoms with Crippen LogP contribution in [0.15, 0.2) is 35.4 Å². The number of halogens is 1. The van der Waals surface area contributed by atoms with Crippen molar-refractivity contribution in [2.75, 3.05) is 31.6 Å². The summed E-state index contributed by atoms with van der Waals surface area (Å²) in [5, 5.41) is 13.5. The molecular weight excluding hydrogens is 417 g/mol. The second-order valence-corrected chi connectivity index (χ2v) is 8.46. The first kappa shape index (κ1) is 20.1. The van der Waals surface area contributed by atoms with Gasteiger partial charge < -0.3 is 15.0 Å². The van der Waals surface area contributed by atoms with E-state index in [4.69, 9.17) is 4.74 Å². The van der Waals surface area contributed by atoms with Crippen molar-refractivity contribution in [1.82, 2.24) is 29.5 Å². The first-order valence-electron chi connectivity index (χ1n) is 8.99. The van der Waals surface area contributed by atoms with E-state index in [1.165, 1.54) is 39.4 Å². The van der Waals surface area contributed by atoms with E-state index in [0.717, 1.165) is 0 Å². The Balaban J connectivity index is 1.55. The standard InChI is InChI=1S/C17H18FN7O4S/c1-11-21-22-23-25(11)12-2-3-14(18)15(8-12)20-17(26)16-9-13(10-19-16)30(27,28)24-4-6-29-7-5-24/h2-3,8-10,19H,4-7H2,1H3,(H,20,26). The van der Waals surface area contributed by atoms with Crippen LogP contribution in [0.3, 0.4) is 0 Å². The van der Waals surface area contributed by atoms with E-state index in [9.17, 15) is 17.6 Å². The molecule has 1 saturated heterocycles. The van der Waals surface area contributed by atoms with Gasteiger partial charge in [-0.3, -0.25) is 4.79 Å². The molecule has 1 aliphatic heterocycles. The molecule has 4 rings (SSSR count). The van der Waals surface area contributed by atoms with E-state index in [2.05, 4.69) is 25.8 Å². The van der Waals surface area contributed by atoms with Gasteiger partial charge in [0.25, 0.3) is 5.91 Å². The number of sulfonamides is 1. The van der Waals surface area contributed by atoms with Gasteiger partial charge in [0.05, 0.1) is 24.6 Å². The average Bonchev–Trinajstić information content (AvgIpc) is 3.40. The fourth-order valence-electron chi connectivity index (χ4n) is 2.99. The number of tetrazole rings is 1. The van der Waals surface area contributed by atoms with Crippen molar-refractivity contribution in [2.45, 2.75) is 11.8 Å². The highest BCUT2D eigenvalue weighted by atomic mass is 32.2. The van der Waals surface area contributed by atoms with Crippen LogP contribution >= 0.6 is 0 Å². The molecule has 3 aromatic rings. The van der Waals surface area contributed by atoms with Gasteiger partial charge in [-0.1, -0.05) is 0 Å². The van der Waals surface area contributed by atoms with Gasteiger partial charge in [-0.2, -0.15) is 8.99 Å². The van der Waals surface area contributed by atoms with Gasteiger partial charge in [0, 0.05) is 19.3 Å². The first-order chi connectivity index (χ1) is 14.4. The van der Waals surface area contributed by atoms with Crippen LogP contribution in [0.5, 0.6) is 0 Å². The van der Waals surface area contributed by atoms with Crippen LogP contribution in [0.25, 0.3) is 5.69 Å². The fourth-order valence-corrected chi connectivity index (χ4v) is 4.39. The number of benzene rings is 1. The quantitative estimate of drug-likeness (QED) is 0.603. The maximum atomic E-state index is 14.2. The lowest BCUT2D eigenvalue weighted by Crippen LogP contribution is -2.40. The number of hydrogen-bond acceptors (Lipinski definition) is 7. The lowest BCUT2D eigenvalue weighted by atomic mass is 10.2. The lowest BCUT2D eigenvalue weighted by molar-refractivity contribution is 0.0730. The molecule has 1 fully saturated rings. The number of nitrogens with zero attached hydrogens (tertiary/aromatic N) is 5. The maximum absolute atomic E-state index is 14.2. The lowest BCUT2D eigenvalue weighted by Gasteiger charge is -2.25. The predicted molar refractivity (Wildman–Crippen MR) is 102 cm³/mol. The first-order valence-corrected chi connectivity index (χ1v) is 10.4. The van der Waals surface area contributed by atoms with E-state index in [-0.39, 0.29) is 29.4 Å². The zero-order valence-electron chi connectivity index (χ0n) is 15.9. The molecule has 13 heteroatoms. The van der Waals surface area contributed by atoms with E-state index in [0.29, 0.717) is 24.7 Å². The summed E-state index contributed by atoms with van der Waals surface area (Å²) >= 11 is 0. The molecule has 2 aromatic heterocycles. The number of carbonyl (C=O) groups excluding carboxylic acids is 1. The van der Waals surface area contributed by atoms with E-state index < -0.39 is 21.7 Å². The van der Waals surface area contributed by atoms with Crippen LogP contribution in [0, 0.1) is 12.7 Å². The number of ether oxygens (including phenoxy) is 1. The molecule has 3 heterocycles. The summed E-state index contributed by atoms with van der Waals surface area (Å²) < 4.78 is 47.4. The van der Waals surface area contributed by atoms with Gasteiger partial charge in [-0.05, 0) is 41.6 Å². The number of hydrogen-bond donors (Lipinski definition) is 2. The topological polar surface area (TPSA) is 135 Å². The fraction of sp³-hybridized carbons (Fsp3) is 0.294. The smallest absolute Gasteiger partial charge is 0.272 e. The molecule has 1 amide bonds. The highest BCUT2D eigenvalue weighted by molar-refractivity contribution is 7.89. The molecule has 158 valence electrons. The summed E-state index contributed by atoms with van der Waals surface area (Å²) in [7, 11) is -3.75. The van der Waals surface area contributed by atoms with E-state index >= 15 is 0 Å². The number of aryl methyl sites for hydroxylation is 1. The van der Waals surface area contributed by atoms with Crippen LogP contribution in [0.1, 0.15) is 16.3 Å². The summed E-state index contributed by atoms with van der Waals surface area (Å²) in [5.74, 6) is -0.866. The molecule has 1 aliphatic rings. The Morgan fingerprint density at radius 3 is 2.73 bits per heavy atom. The second-order valence-electron chi connectivity index (χ2n) is 6.52. The van der Waals surface area contributed by atoms with Crippen molar-refractivity contribution in [3.05, 3.63) is 47.8 Å². The number of nitrogens with one attached hydrogen (secondary N) is 2. The maximum Gasteiger partial charge on any atom is 0.272 e. The highest BCUT2D eigenvalue weighted by Crippen LogP contribution is 2.22. The molecule has 0 atom stereocenters. The highest BCUT2D eigenvalue weighted by Gasteiger charge is 2.28. The number of anilines is 1. The minimum atomic E-state index is -3.75. The minimum Gasteiger partial charge on any atom is -0.379 e. The Hall–Kier alpha value is -3.16. The van der Waals surface area contributed by atoms with Crippen LogP contribution in [-0.4, -0.2) is 70.1 Å². The van der Waals surface area contributed by atoms with Crippen molar-refractivity contribution in [1.29, 1.82) is 0 Å². The van der Waals surface area contributed by atoms with Crippen molar-refractivity contribution >= 4 is 21.6 Å². The molecule has 0 radical (unpaired) electrons. The van der Waals surface area contributed by atoms with Crippen molar-refractivity contribution in [3.8, 4) is 5.69 Å². The van der Waals surface area contributed by atoms with Gasteiger partial charge in [-0.15, -0.1) is 5.10 Å². The Morgan fingerprint density at radius 2 is 2.03 bits per heavy atom. The van der Waals surface area contributed by atoms with Gasteiger partial charge in [0.1, 0.15) is 16.4 Å². The third-order valence-corrected chi connectivity index (χ3v) is 6.45. The zero-order valence-corrected chi connectivity index (χ0v) is 16.7. The number of morpholine rings is 1. The summed E-state index contributed by atoms with van der Waals surface area (Å²) in [6.07, 6.45) is 1.23. The predicted octanol–water partition coefficient (Wildman–Crippen LogP) is 0.711. The third kappa shape index (κ3) is 3.81. The van der Waals surface area contributed by atoms with Crippen LogP contribution in [0.2, 0.25) is 0 Å².